The molecule has 0 unspecified atom stereocenters. The lowest BCUT2D eigenvalue weighted by Gasteiger charge is -2.05. The first-order valence-corrected chi connectivity index (χ1v) is 8.88. The van der Waals surface area contributed by atoms with Crippen molar-refractivity contribution in [3.05, 3.63) is 45.5 Å². The Morgan fingerprint density at radius 1 is 1.23 bits per heavy atom. The Hall–Kier alpha value is -2.74. The number of esters is 1. The molecule has 3 aromatic rings. The maximum atomic E-state index is 12.6. The molecule has 26 heavy (non-hydrogen) atoms. The Morgan fingerprint density at radius 2 is 1.96 bits per heavy atom. The van der Waals surface area contributed by atoms with Gasteiger partial charge in [-0.2, -0.15) is 10.1 Å². The van der Waals surface area contributed by atoms with Gasteiger partial charge in [0.15, 0.2) is 10.5 Å². The van der Waals surface area contributed by atoms with E-state index in [1.165, 1.54) is 18.4 Å². The van der Waals surface area contributed by atoms with Crippen LogP contribution in [0.5, 0.6) is 0 Å². The molecule has 8 heteroatoms. The Bertz CT molecular complexity index is 1090. The van der Waals surface area contributed by atoms with E-state index in [9.17, 15) is 9.59 Å². The molecular weight excluding hydrogens is 352 g/mol. The molecule has 0 N–H and O–H groups in total. The molecule has 0 aliphatic rings. The highest BCUT2D eigenvalue weighted by Gasteiger charge is 2.16. The van der Waals surface area contributed by atoms with Gasteiger partial charge in [0.25, 0.3) is 5.91 Å². The standard InChI is InChI=1S/C18H20N4O3S/c1-10-6-11(2)16-13(7-10)22(9-14(23)25-5)18(26-16)19-17(24)15-12(3)8-21(4)20-15/h6-8H,9H2,1-5H3. The van der Waals surface area contributed by atoms with E-state index >= 15 is 0 Å². The summed E-state index contributed by atoms with van der Waals surface area (Å²) in [6.45, 7) is 5.80. The van der Waals surface area contributed by atoms with Gasteiger partial charge in [0.05, 0.1) is 17.3 Å². The number of hydrogen-bond donors (Lipinski definition) is 0. The molecule has 0 bridgehead atoms. The number of aromatic nitrogens is 3. The third kappa shape index (κ3) is 3.32. The number of amides is 1. The minimum absolute atomic E-state index is 0.00724. The Labute approximate surface area is 154 Å². The third-order valence-electron chi connectivity index (χ3n) is 4.04. The van der Waals surface area contributed by atoms with Gasteiger partial charge in [0.2, 0.25) is 0 Å². The minimum Gasteiger partial charge on any atom is -0.468 e. The summed E-state index contributed by atoms with van der Waals surface area (Å²) in [6, 6.07) is 4.05. The van der Waals surface area contributed by atoms with Crippen LogP contribution in [0.3, 0.4) is 0 Å². The number of fused-ring (bicyclic) bond motifs is 1. The summed E-state index contributed by atoms with van der Waals surface area (Å²) < 4.78 is 9.10. The zero-order valence-electron chi connectivity index (χ0n) is 15.4. The number of rotatable bonds is 3. The number of aryl methyl sites for hydroxylation is 4. The number of carbonyl (C=O) groups excluding carboxylic acids is 2. The fourth-order valence-corrected chi connectivity index (χ4v) is 3.98. The summed E-state index contributed by atoms with van der Waals surface area (Å²) in [5, 5.41) is 4.18. The second-order valence-electron chi connectivity index (χ2n) is 6.23. The van der Waals surface area contributed by atoms with E-state index in [0.717, 1.165) is 26.9 Å². The fraction of sp³-hybridized carbons (Fsp3) is 0.333. The lowest BCUT2D eigenvalue weighted by atomic mass is 10.1. The molecule has 0 spiro atoms. The Balaban J connectivity index is 2.22. The molecule has 136 valence electrons. The van der Waals surface area contributed by atoms with Gasteiger partial charge in [0.1, 0.15) is 6.54 Å². The molecule has 0 aliphatic carbocycles. The third-order valence-corrected chi connectivity index (χ3v) is 5.27. The maximum absolute atomic E-state index is 12.6. The second-order valence-corrected chi connectivity index (χ2v) is 7.21. The predicted octanol–water partition coefficient (Wildman–Crippen LogP) is 2.28. The first-order valence-electron chi connectivity index (χ1n) is 8.07. The Kier molecular flexibility index (Phi) is 4.78. The van der Waals surface area contributed by atoms with Crippen molar-refractivity contribution in [3.63, 3.8) is 0 Å². The quantitative estimate of drug-likeness (QED) is 0.661. The van der Waals surface area contributed by atoms with Crippen molar-refractivity contribution in [2.45, 2.75) is 27.3 Å². The lowest BCUT2D eigenvalue weighted by molar-refractivity contribution is -0.141. The number of benzene rings is 1. The van der Waals surface area contributed by atoms with E-state index in [-0.39, 0.29) is 6.54 Å². The van der Waals surface area contributed by atoms with Crippen molar-refractivity contribution < 1.29 is 14.3 Å². The fourth-order valence-electron chi connectivity index (χ4n) is 2.90. The summed E-state index contributed by atoms with van der Waals surface area (Å²) in [5.41, 5.74) is 4.08. The molecule has 3 rings (SSSR count). The van der Waals surface area contributed by atoms with E-state index in [1.54, 1.807) is 22.5 Å². The average Bonchev–Trinajstić information content (AvgIpc) is 3.08. The zero-order valence-corrected chi connectivity index (χ0v) is 16.2. The topological polar surface area (TPSA) is 78.5 Å². The molecule has 0 atom stereocenters. The molecule has 0 fully saturated rings. The summed E-state index contributed by atoms with van der Waals surface area (Å²) >= 11 is 1.38. The van der Waals surface area contributed by atoms with Gasteiger partial charge < -0.3 is 9.30 Å². The molecule has 7 nitrogen and oxygen atoms in total. The monoisotopic (exact) mass is 372 g/mol. The largest absolute Gasteiger partial charge is 0.468 e. The highest BCUT2D eigenvalue weighted by atomic mass is 32.1. The van der Waals surface area contributed by atoms with Crippen LogP contribution in [0, 0.1) is 20.8 Å². The summed E-state index contributed by atoms with van der Waals surface area (Å²) in [5.74, 6) is -0.825. The molecule has 0 saturated carbocycles. The van der Waals surface area contributed by atoms with Crippen LogP contribution >= 0.6 is 11.3 Å². The molecule has 0 radical (unpaired) electrons. The van der Waals surface area contributed by atoms with Crippen molar-refractivity contribution in [1.82, 2.24) is 14.3 Å². The minimum atomic E-state index is -0.428. The number of ether oxygens (including phenoxy) is 1. The van der Waals surface area contributed by atoms with E-state index in [1.807, 2.05) is 26.8 Å². The number of carbonyl (C=O) groups is 2. The van der Waals surface area contributed by atoms with Gasteiger partial charge in [-0.05, 0) is 38.0 Å². The summed E-state index contributed by atoms with van der Waals surface area (Å²) in [7, 11) is 3.10. The van der Waals surface area contributed by atoms with E-state index in [4.69, 9.17) is 4.74 Å². The van der Waals surface area contributed by atoms with Crippen LogP contribution in [0.1, 0.15) is 27.2 Å². The van der Waals surface area contributed by atoms with Crippen molar-refractivity contribution >= 4 is 33.4 Å². The first kappa shape index (κ1) is 18.1. The van der Waals surface area contributed by atoms with Crippen molar-refractivity contribution in [3.8, 4) is 0 Å². The van der Waals surface area contributed by atoms with E-state index < -0.39 is 11.9 Å². The van der Waals surface area contributed by atoms with Crippen LogP contribution < -0.4 is 4.80 Å². The first-order chi connectivity index (χ1) is 12.3. The number of thiazole rings is 1. The Morgan fingerprint density at radius 3 is 2.58 bits per heavy atom. The van der Waals surface area contributed by atoms with Crippen LogP contribution in [-0.4, -0.2) is 33.3 Å². The molecule has 2 aromatic heterocycles. The van der Waals surface area contributed by atoms with Gasteiger partial charge in [-0.15, -0.1) is 0 Å². The van der Waals surface area contributed by atoms with Crippen LogP contribution in [0.15, 0.2) is 23.3 Å². The van der Waals surface area contributed by atoms with Crippen LogP contribution in [-0.2, 0) is 23.1 Å². The van der Waals surface area contributed by atoms with Crippen molar-refractivity contribution in [1.29, 1.82) is 0 Å². The highest BCUT2D eigenvalue weighted by molar-refractivity contribution is 7.16. The van der Waals surface area contributed by atoms with Crippen LogP contribution in [0.2, 0.25) is 0 Å². The van der Waals surface area contributed by atoms with Crippen LogP contribution in [0.4, 0.5) is 0 Å². The summed E-state index contributed by atoms with van der Waals surface area (Å²) in [6.07, 6.45) is 1.77. The molecule has 1 aromatic carbocycles. The highest BCUT2D eigenvalue weighted by Crippen LogP contribution is 2.23. The van der Waals surface area contributed by atoms with Gasteiger partial charge in [-0.25, -0.2) is 0 Å². The smallest absolute Gasteiger partial charge is 0.325 e. The van der Waals surface area contributed by atoms with Crippen molar-refractivity contribution in [2.24, 2.45) is 12.0 Å². The van der Waals surface area contributed by atoms with E-state index in [2.05, 4.69) is 16.2 Å². The van der Waals surface area contributed by atoms with Gasteiger partial charge in [-0.3, -0.25) is 14.3 Å². The summed E-state index contributed by atoms with van der Waals surface area (Å²) in [4.78, 5) is 29.2. The second kappa shape index (κ2) is 6.87. The van der Waals surface area contributed by atoms with E-state index in [0.29, 0.717) is 10.5 Å². The SMILES string of the molecule is COC(=O)Cn1c(=NC(=O)c2nn(C)cc2C)sc2c(C)cc(C)cc21. The number of hydrogen-bond acceptors (Lipinski definition) is 5. The normalized spacial score (nSPS) is 12.0. The van der Waals surface area contributed by atoms with Gasteiger partial charge >= 0.3 is 5.97 Å². The predicted molar refractivity (Wildman–Crippen MR) is 99.1 cm³/mol. The zero-order chi connectivity index (χ0) is 19.0. The number of nitrogens with zero attached hydrogens (tertiary/aromatic N) is 4. The van der Waals surface area contributed by atoms with Crippen molar-refractivity contribution in [2.75, 3.05) is 7.11 Å². The van der Waals surface area contributed by atoms with Crippen LogP contribution in [0.25, 0.3) is 10.2 Å². The molecule has 0 aliphatic heterocycles. The lowest BCUT2D eigenvalue weighted by Crippen LogP contribution is -2.22. The molecular formula is C18H20N4O3S. The molecule has 0 saturated heterocycles. The van der Waals surface area contributed by atoms with Gasteiger partial charge in [-0.1, -0.05) is 17.4 Å². The maximum Gasteiger partial charge on any atom is 0.325 e. The number of methoxy groups -OCH3 is 1. The molecule has 2 heterocycles. The average molecular weight is 372 g/mol. The van der Waals surface area contributed by atoms with Gasteiger partial charge in [0, 0.05) is 18.8 Å². The molecule has 1 amide bonds.